The molecule has 2 aromatic rings. The molecule has 0 aliphatic heterocycles. The molecule has 0 aliphatic rings. The Morgan fingerprint density at radius 2 is 1.95 bits per heavy atom. The van der Waals surface area contributed by atoms with Crippen molar-refractivity contribution in [3.8, 4) is 5.75 Å². The predicted molar refractivity (Wildman–Crippen MR) is 83.9 cm³/mol. The highest BCUT2D eigenvalue weighted by molar-refractivity contribution is 8.13. The minimum atomic E-state index is -0.117. The molecule has 0 aliphatic carbocycles. The fraction of sp³-hybridized carbons (Fsp3) is 0.133. The summed E-state index contributed by atoms with van der Waals surface area (Å²) < 4.78 is 5.09. The minimum Gasteiger partial charge on any atom is -0.497 e. The van der Waals surface area contributed by atoms with Gasteiger partial charge in [0.25, 0.3) is 0 Å². The Balaban J connectivity index is 2.06. The van der Waals surface area contributed by atoms with Crippen molar-refractivity contribution < 1.29 is 9.53 Å². The van der Waals surface area contributed by atoms with Crippen molar-refractivity contribution in [3.63, 3.8) is 0 Å². The Kier molecular flexibility index (Phi) is 5.26. The van der Waals surface area contributed by atoms with Crippen molar-refractivity contribution in [2.75, 3.05) is 7.11 Å². The van der Waals surface area contributed by atoms with Crippen molar-refractivity contribution >= 4 is 22.6 Å². The average molecular weight is 299 g/mol. The smallest absolute Gasteiger partial charge is 0.220 e. The van der Waals surface area contributed by atoms with E-state index in [1.807, 2.05) is 24.3 Å². The molecule has 0 atom stereocenters. The topological polar surface area (TPSA) is 75.1 Å². The number of thioether (sulfide) groups is 1. The zero-order valence-electron chi connectivity index (χ0n) is 11.4. The van der Waals surface area contributed by atoms with Crippen molar-refractivity contribution in [1.82, 2.24) is 0 Å². The van der Waals surface area contributed by atoms with E-state index in [0.717, 1.165) is 11.3 Å². The largest absolute Gasteiger partial charge is 0.497 e. The number of benzene rings is 2. The Labute approximate surface area is 126 Å². The molecule has 0 heterocycles. The molecule has 0 bridgehead atoms. The van der Waals surface area contributed by atoms with Crippen LogP contribution in [0.4, 0.5) is 5.69 Å². The molecule has 106 valence electrons. The lowest BCUT2D eigenvalue weighted by atomic mass is 10.2. The van der Waals surface area contributed by atoms with Gasteiger partial charge < -0.3 is 4.74 Å². The molecule has 0 spiro atoms. The highest BCUT2D eigenvalue weighted by Gasteiger charge is 2.10. The van der Waals surface area contributed by atoms with Crippen LogP contribution in [-0.2, 0) is 5.75 Å². The van der Waals surface area contributed by atoms with Crippen molar-refractivity contribution in [2.24, 2.45) is 5.11 Å². The van der Waals surface area contributed by atoms with E-state index in [4.69, 9.17) is 10.3 Å². The Hall–Kier alpha value is -2.43. The molecule has 2 aromatic carbocycles. The van der Waals surface area contributed by atoms with Crippen LogP contribution in [0.1, 0.15) is 15.9 Å². The Morgan fingerprint density at radius 1 is 1.24 bits per heavy atom. The lowest BCUT2D eigenvalue weighted by molar-refractivity contribution is 0.108. The normalized spacial score (nSPS) is 9.76. The molecule has 5 nitrogen and oxygen atoms in total. The fourth-order valence-corrected chi connectivity index (χ4v) is 2.55. The molecule has 0 saturated heterocycles. The zero-order valence-corrected chi connectivity index (χ0v) is 12.2. The predicted octanol–water partition coefficient (Wildman–Crippen LogP) is 4.71. The third kappa shape index (κ3) is 4.02. The summed E-state index contributed by atoms with van der Waals surface area (Å²) in [4.78, 5) is 14.9. The monoisotopic (exact) mass is 299 g/mol. The number of methoxy groups -OCH3 is 1. The van der Waals surface area contributed by atoms with Crippen LogP contribution in [0.5, 0.6) is 5.75 Å². The van der Waals surface area contributed by atoms with Crippen molar-refractivity contribution in [2.45, 2.75) is 5.75 Å². The molecule has 0 N–H and O–H groups in total. The molecule has 0 radical (unpaired) electrons. The first-order chi connectivity index (χ1) is 10.2. The van der Waals surface area contributed by atoms with E-state index >= 15 is 0 Å². The summed E-state index contributed by atoms with van der Waals surface area (Å²) in [5, 5.41) is 3.42. The van der Waals surface area contributed by atoms with E-state index in [9.17, 15) is 4.79 Å². The zero-order chi connectivity index (χ0) is 15.1. The summed E-state index contributed by atoms with van der Waals surface area (Å²) in [6.45, 7) is 0. The third-order valence-electron chi connectivity index (χ3n) is 2.81. The summed E-state index contributed by atoms with van der Waals surface area (Å²) in [6, 6.07) is 14.3. The number of ether oxygens (including phenoxy) is 1. The number of hydrogen-bond acceptors (Lipinski definition) is 4. The maximum absolute atomic E-state index is 12.2. The SMILES string of the molecule is COc1ccc(CSC(=O)c2ccccc2N=[N+]=[N-])cc1. The standard InChI is InChI=1S/C15H13N3O2S/c1-20-12-8-6-11(7-9-12)10-21-15(19)13-4-2-3-5-14(13)17-18-16/h2-9H,10H2,1H3. The lowest BCUT2D eigenvalue weighted by Crippen LogP contribution is -1.95. The summed E-state index contributed by atoms with van der Waals surface area (Å²) in [5.74, 6) is 1.33. The van der Waals surface area contributed by atoms with E-state index in [1.54, 1.807) is 31.4 Å². The van der Waals surface area contributed by atoms with Crippen molar-refractivity contribution in [3.05, 3.63) is 70.1 Å². The minimum absolute atomic E-state index is 0.117. The first kappa shape index (κ1) is 15.0. The lowest BCUT2D eigenvalue weighted by Gasteiger charge is -2.05. The highest BCUT2D eigenvalue weighted by atomic mass is 32.2. The van der Waals surface area contributed by atoms with E-state index in [0.29, 0.717) is 17.0 Å². The molecular weight excluding hydrogens is 286 g/mol. The first-order valence-electron chi connectivity index (χ1n) is 6.19. The molecule has 0 unspecified atom stereocenters. The van der Waals surface area contributed by atoms with Crippen molar-refractivity contribution in [1.29, 1.82) is 0 Å². The van der Waals surface area contributed by atoms with Gasteiger partial charge in [-0.15, -0.1) is 0 Å². The van der Waals surface area contributed by atoms with Gasteiger partial charge in [-0.1, -0.05) is 53.3 Å². The van der Waals surface area contributed by atoms with E-state index < -0.39 is 0 Å². The van der Waals surface area contributed by atoms with Gasteiger partial charge in [0.1, 0.15) is 5.75 Å². The molecule has 2 rings (SSSR count). The number of rotatable bonds is 5. The van der Waals surface area contributed by atoms with Gasteiger partial charge in [0.2, 0.25) is 5.12 Å². The van der Waals surface area contributed by atoms with Gasteiger partial charge in [-0.05, 0) is 23.2 Å². The maximum Gasteiger partial charge on any atom is 0.220 e. The van der Waals surface area contributed by atoms with Crippen LogP contribution < -0.4 is 4.74 Å². The van der Waals surface area contributed by atoms with Gasteiger partial charge in [-0.3, -0.25) is 4.79 Å². The van der Waals surface area contributed by atoms with Gasteiger partial charge in [0, 0.05) is 21.9 Å². The summed E-state index contributed by atoms with van der Waals surface area (Å²) in [6.07, 6.45) is 0. The number of nitrogens with zero attached hydrogens (tertiary/aromatic N) is 3. The fourth-order valence-electron chi connectivity index (χ4n) is 1.73. The second-order valence-corrected chi connectivity index (χ2v) is 5.08. The summed E-state index contributed by atoms with van der Waals surface area (Å²) >= 11 is 1.17. The molecular formula is C15H13N3O2S. The quantitative estimate of drug-likeness (QED) is 0.456. The van der Waals surface area contributed by atoms with Gasteiger partial charge in [-0.25, -0.2) is 0 Å². The highest BCUT2D eigenvalue weighted by Crippen LogP contribution is 2.26. The van der Waals surface area contributed by atoms with Gasteiger partial charge in [-0.2, -0.15) is 0 Å². The molecule has 0 aromatic heterocycles. The van der Waals surface area contributed by atoms with E-state index in [2.05, 4.69) is 10.0 Å². The second kappa shape index (κ2) is 7.38. The van der Waals surface area contributed by atoms with E-state index in [1.165, 1.54) is 11.8 Å². The summed E-state index contributed by atoms with van der Waals surface area (Å²) in [7, 11) is 1.61. The molecule has 0 amide bonds. The number of azide groups is 1. The number of hydrogen-bond donors (Lipinski definition) is 0. The van der Waals surface area contributed by atoms with Crippen LogP contribution in [-0.4, -0.2) is 12.2 Å². The maximum atomic E-state index is 12.2. The van der Waals surface area contributed by atoms with E-state index in [-0.39, 0.29) is 5.12 Å². The molecule has 21 heavy (non-hydrogen) atoms. The third-order valence-corrected chi connectivity index (χ3v) is 3.77. The molecule has 0 saturated carbocycles. The Morgan fingerprint density at radius 3 is 2.62 bits per heavy atom. The van der Waals surface area contributed by atoms with Crippen LogP contribution in [0.25, 0.3) is 10.4 Å². The van der Waals surface area contributed by atoms with Crippen LogP contribution in [0.3, 0.4) is 0 Å². The molecule has 0 fully saturated rings. The van der Waals surface area contributed by atoms with Crippen LogP contribution in [0, 0.1) is 0 Å². The summed E-state index contributed by atoms with van der Waals surface area (Å²) in [5.41, 5.74) is 10.3. The average Bonchev–Trinajstić information content (AvgIpc) is 2.54. The first-order valence-corrected chi connectivity index (χ1v) is 7.17. The van der Waals surface area contributed by atoms with Gasteiger partial charge >= 0.3 is 0 Å². The van der Waals surface area contributed by atoms with Crippen LogP contribution in [0.2, 0.25) is 0 Å². The van der Waals surface area contributed by atoms with Gasteiger partial charge in [0.15, 0.2) is 0 Å². The van der Waals surface area contributed by atoms with Crippen LogP contribution >= 0.6 is 11.8 Å². The van der Waals surface area contributed by atoms with Gasteiger partial charge in [0.05, 0.1) is 7.11 Å². The van der Waals surface area contributed by atoms with Crippen LogP contribution in [0.15, 0.2) is 53.6 Å². The number of carbonyl (C=O) groups is 1. The molecule has 6 heteroatoms. The second-order valence-electron chi connectivity index (χ2n) is 4.13. The number of carbonyl (C=O) groups excluding carboxylic acids is 1. The Bertz CT molecular complexity index is 680.